The Labute approximate surface area is 115 Å². The number of halogens is 7. The Morgan fingerprint density at radius 3 is 1.85 bits per heavy atom. The van der Waals surface area contributed by atoms with Crippen LogP contribution in [0.1, 0.15) is 11.3 Å². The number of aromatic nitrogens is 1. The number of pyridine rings is 1. The maximum absolute atomic E-state index is 12.0. The van der Waals surface area contributed by atoms with Crippen molar-refractivity contribution in [2.45, 2.75) is 18.9 Å². The largest absolute Gasteiger partial charge is 0.490 e. The van der Waals surface area contributed by atoms with Crippen LogP contribution in [-0.2, 0) is 17.5 Å². The lowest BCUT2D eigenvalue weighted by Crippen LogP contribution is -2.21. The molecule has 0 aromatic carbocycles. The average Bonchev–Trinajstić information content (AvgIpc) is 2.27. The Balaban J connectivity index is 0. The molecule has 1 rings (SSSR count). The fourth-order valence-electron chi connectivity index (χ4n) is 0.713. The number of carboxylic acid groups (broad SMARTS) is 1. The van der Waals surface area contributed by atoms with Gasteiger partial charge in [0.15, 0.2) is 0 Å². The summed E-state index contributed by atoms with van der Waals surface area (Å²) in [7, 11) is 0. The number of alkyl halides is 6. The highest BCUT2D eigenvalue weighted by molar-refractivity contribution is 5.85. The highest BCUT2D eigenvalue weighted by atomic mass is 35.5. The number of nitrogens with zero attached hydrogens (tertiary/aromatic N) is 1. The number of hydrogen-bond acceptors (Lipinski definition) is 3. The van der Waals surface area contributed by atoms with Crippen LogP contribution in [-0.4, -0.2) is 22.2 Å². The van der Waals surface area contributed by atoms with Gasteiger partial charge in [-0.05, 0) is 12.1 Å². The smallest absolute Gasteiger partial charge is 0.475 e. The third-order valence-electron chi connectivity index (χ3n) is 1.60. The van der Waals surface area contributed by atoms with Gasteiger partial charge in [0.1, 0.15) is 0 Å². The van der Waals surface area contributed by atoms with Crippen molar-refractivity contribution in [2.24, 2.45) is 5.73 Å². The predicted octanol–water partition coefficient (Wildman–Crippen LogP) is 2.61. The number of nitrogens with two attached hydrogens (primary N) is 1. The number of carbonyl (C=O) groups is 1. The molecule has 0 fully saturated rings. The summed E-state index contributed by atoms with van der Waals surface area (Å²) in [4.78, 5) is 12.4. The van der Waals surface area contributed by atoms with E-state index in [4.69, 9.17) is 15.6 Å². The number of hydrogen-bond donors (Lipinski definition) is 2. The van der Waals surface area contributed by atoms with Crippen molar-refractivity contribution < 1.29 is 36.2 Å². The maximum Gasteiger partial charge on any atom is 0.490 e. The first-order valence-corrected chi connectivity index (χ1v) is 4.50. The lowest BCUT2D eigenvalue weighted by atomic mass is 10.2. The molecule has 11 heteroatoms. The average molecular weight is 327 g/mol. The molecule has 4 nitrogen and oxygen atoms in total. The van der Waals surface area contributed by atoms with Crippen molar-refractivity contribution in [3.8, 4) is 0 Å². The monoisotopic (exact) mass is 326 g/mol. The summed E-state index contributed by atoms with van der Waals surface area (Å²) in [6.07, 6.45) is -8.62. The van der Waals surface area contributed by atoms with Crippen LogP contribution in [0, 0.1) is 0 Å². The molecule has 0 aliphatic rings. The van der Waals surface area contributed by atoms with E-state index < -0.39 is 23.9 Å². The Bertz CT molecular complexity index is 418. The number of carboxylic acids is 1. The minimum Gasteiger partial charge on any atom is -0.475 e. The van der Waals surface area contributed by atoms with E-state index in [0.29, 0.717) is 5.69 Å². The molecule has 20 heavy (non-hydrogen) atoms. The molecule has 3 N–H and O–H groups in total. The van der Waals surface area contributed by atoms with Crippen LogP contribution in [0.4, 0.5) is 26.3 Å². The van der Waals surface area contributed by atoms with Crippen LogP contribution in [0.5, 0.6) is 0 Å². The quantitative estimate of drug-likeness (QED) is 0.778. The fourth-order valence-corrected chi connectivity index (χ4v) is 0.713. The Morgan fingerprint density at radius 1 is 1.20 bits per heavy atom. The molecule has 0 atom stereocenters. The zero-order valence-corrected chi connectivity index (χ0v) is 10.3. The first-order chi connectivity index (χ1) is 8.48. The summed E-state index contributed by atoms with van der Waals surface area (Å²) in [6.45, 7) is 0.151. The predicted molar refractivity (Wildman–Crippen MR) is 58.1 cm³/mol. The van der Waals surface area contributed by atoms with Gasteiger partial charge in [0.05, 0.1) is 11.3 Å². The molecular formula is C9H9ClF6N2O2. The van der Waals surface area contributed by atoms with Gasteiger partial charge in [0.25, 0.3) is 0 Å². The molecule has 0 saturated carbocycles. The second kappa shape index (κ2) is 7.90. The van der Waals surface area contributed by atoms with E-state index in [1.54, 1.807) is 0 Å². The first-order valence-electron chi connectivity index (χ1n) is 4.50. The van der Waals surface area contributed by atoms with Crippen LogP contribution in [0.15, 0.2) is 18.3 Å². The second-order valence-corrected chi connectivity index (χ2v) is 3.04. The van der Waals surface area contributed by atoms with E-state index >= 15 is 0 Å². The van der Waals surface area contributed by atoms with Gasteiger partial charge in [0.2, 0.25) is 0 Å². The Kier molecular flexibility index (Phi) is 8.20. The molecule has 1 heterocycles. The van der Waals surface area contributed by atoms with E-state index in [-0.39, 0.29) is 19.0 Å². The molecule has 116 valence electrons. The summed E-state index contributed by atoms with van der Waals surface area (Å²) >= 11 is 0. The third kappa shape index (κ3) is 7.79. The van der Waals surface area contributed by atoms with Crippen molar-refractivity contribution in [1.29, 1.82) is 0 Å². The molecule has 0 aliphatic heterocycles. The normalized spacial score (nSPS) is 10.9. The van der Waals surface area contributed by atoms with Crippen molar-refractivity contribution in [2.75, 3.05) is 0 Å². The lowest BCUT2D eigenvalue weighted by molar-refractivity contribution is -0.192. The Hall–Kier alpha value is -1.55. The van der Waals surface area contributed by atoms with Gasteiger partial charge in [0, 0.05) is 12.7 Å². The fraction of sp³-hybridized carbons (Fsp3) is 0.333. The zero-order chi connectivity index (χ0) is 15.3. The van der Waals surface area contributed by atoms with Gasteiger partial charge >= 0.3 is 18.3 Å². The van der Waals surface area contributed by atoms with E-state index in [1.165, 1.54) is 6.07 Å². The number of rotatable bonds is 1. The highest BCUT2D eigenvalue weighted by Gasteiger charge is 2.38. The first kappa shape index (κ1) is 20.8. The molecule has 0 saturated heterocycles. The molecule has 1 aromatic rings. The number of aliphatic carboxylic acids is 1. The molecule has 0 spiro atoms. The molecule has 0 radical (unpaired) electrons. The van der Waals surface area contributed by atoms with E-state index in [9.17, 15) is 26.3 Å². The standard InChI is InChI=1S/C7H7F3N2.C2HF3O2.ClH/c8-7(9,10)5-1-2-6(3-11)12-4-5;3-2(4,5)1(6)7;/h1-2,4H,3,11H2;(H,6,7);1H. The van der Waals surface area contributed by atoms with Crippen molar-refractivity contribution >= 4 is 18.4 Å². The van der Waals surface area contributed by atoms with Gasteiger partial charge in [-0.2, -0.15) is 26.3 Å². The third-order valence-corrected chi connectivity index (χ3v) is 1.60. The summed E-state index contributed by atoms with van der Waals surface area (Å²) in [5, 5.41) is 7.12. The second-order valence-electron chi connectivity index (χ2n) is 3.04. The summed E-state index contributed by atoms with van der Waals surface area (Å²) in [5.74, 6) is -2.76. The van der Waals surface area contributed by atoms with Gasteiger partial charge in [-0.1, -0.05) is 0 Å². The summed E-state index contributed by atoms with van der Waals surface area (Å²) in [6, 6.07) is 2.23. The zero-order valence-electron chi connectivity index (χ0n) is 9.50. The van der Waals surface area contributed by atoms with Crippen LogP contribution < -0.4 is 5.73 Å². The summed E-state index contributed by atoms with van der Waals surface area (Å²) < 4.78 is 67.6. The molecule has 0 amide bonds. The highest BCUT2D eigenvalue weighted by Crippen LogP contribution is 2.28. The van der Waals surface area contributed by atoms with Gasteiger partial charge in [-0.25, -0.2) is 4.79 Å². The molecule has 1 aromatic heterocycles. The topological polar surface area (TPSA) is 76.2 Å². The van der Waals surface area contributed by atoms with Crippen LogP contribution in [0.3, 0.4) is 0 Å². The molecule has 0 aliphatic carbocycles. The maximum atomic E-state index is 12.0. The molecule has 0 bridgehead atoms. The molecule has 0 unspecified atom stereocenters. The van der Waals surface area contributed by atoms with Crippen molar-refractivity contribution in [3.05, 3.63) is 29.6 Å². The summed E-state index contributed by atoms with van der Waals surface area (Å²) in [5.41, 5.74) is 4.86. The van der Waals surface area contributed by atoms with Crippen molar-refractivity contribution in [1.82, 2.24) is 4.98 Å². The van der Waals surface area contributed by atoms with Gasteiger partial charge < -0.3 is 10.8 Å². The minimum atomic E-state index is -5.08. The lowest BCUT2D eigenvalue weighted by Gasteiger charge is -2.05. The van der Waals surface area contributed by atoms with Gasteiger partial charge in [-0.15, -0.1) is 12.4 Å². The van der Waals surface area contributed by atoms with E-state index in [1.807, 2.05) is 0 Å². The Morgan fingerprint density at radius 2 is 1.65 bits per heavy atom. The van der Waals surface area contributed by atoms with Crippen LogP contribution >= 0.6 is 12.4 Å². The molecular weight excluding hydrogens is 318 g/mol. The minimum absolute atomic E-state index is 0. The van der Waals surface area contributed by atoms with Crippen LogP contribution in [0.2, 0.25) is 0 Å². The van der Waals surface area contributed by atoms with E-state index in [0.717, 1.165) is 12.3 Å². The van der Waals surface area contributed by atoms with Crippen molar-refractivity contribution in [3.63, 3.8) is 0 Å². The van der Waals surface area contributed by atoms with E-state index in [2.05, 4.69) is 4.98 Å². The van der Waals surface area contributed by atoms with Gasteiger partial charge in [-0.3, -0.25) is 4.98 Å². The van der Waals surface area contributed by atoms with Crippen LogP contribution in [0.25, 0.3) is 0 Å². The SMILES string of the molecule is Cl.NCc1ccc(C(F)(F)F)cn1.O=C(O)C(F)(F)F.